The van der Waals surface area contributed by atoms with E-state index in [2.05, 4.69) is 48.0 Å². The zero-order valence-corrected chi connectivity index (χ0v) is 12.5. The predicted molar refractivity (Wildman–Crippen MR) is 79.0 cm³/mol. The zero-order chi connectivity index (χ0) is 12.7. The van der Waals surface area contributed by atoms with Gasteiger partial charge in [-0.25, -0.2) is 0 Å². The van der Waals surface area contributed by atoms with Gasteiger partial charge in [-0.1, -0.05) is 73.7 Å². The van der Waals surface area contributed by atoms with E-state index in [1.54, 1.807) is 0 Å². The zero-order valence-electron chi connectivity index (χ0n) is 11.0. The first-order chi connectivity index (χ1) is 8.19. The summed E-state index contributed by atoms with van der Waals surface area (Å²) >= 11 is 3.58. The van der Waals surface area contributed by atoms with Crippen molar-refractivity contribution >= 4 is 15.9 Å². The lowest BCUT2D eigenvalue weighted by Crippen LogP contribution is -2.15. The minimum absolute atomic E-state index is 0.160. The van der Waals surface area contributed by atoms with Crippen LogP contribution in [0, 0.1) is 5.92 Å². The number of benzene rings is 1. The van der Waals surface area contributed by atoms with Gasteiger partial charge in [0.25, 0.3) is 0 Å². The molecule has 1 nitrogen and oxygen atoms in total. The highest BCUT2D eigenvalue weighted by atomic mass is 79.9. The Bertz CT molecular complexity index is 324. The third kappa shape index (κ3) is 4.81. The molecule has 0 saturated heterocycles. The molecule has 0 heterocycles. The van der Waals surface area contributed by atoms with Gasteiger partial charge in [-0.2, -0.15) is 0 Å². The number of unbranched alkanes of at least 4 members (excludes halogenated alkanes) is 1. The smallest absolute Gasteiger partial charge is 0.0308 e. The van der Waals surface area contributed by atoms with Crippen LogP contribution in [0.15, 0.2) is 28.7 Å². The highest BCUT2D eigenvalue weighted by molar-refractivity contribution is 9.10. The van der Waals surface area contributed by atoms with Gasteiger partial charge in [-0.15, -0.1) is 0 Å². The van der Waals surface area contributed by atoms with Gasteiger partial charge in [-0.05, 0) is 24.0 Å². The van der Waals surface area contributed by atoms with E-state index >= 15 is 0 Å². The predicted octanol–water partition coefficient (Wildman–Crippen LogP) is 5.06. The molecule has 0 spiro atoms. The molecule has 0 aliphatic heterocycles. The summed E-state index contributed by atoms with van der Waals surface area (Å²) in [5.41, 5.74) is 7.55. The van der Waals surface area contributed by atoms with Crippen LogP contribution in [-0.2, 0) is 0 Å². The van der Waals surface area contributed by atoms with Gasteiger partial charge in [0.2, 0.25) is 0 Å². The van der Waals surface area contributed by atoms with Crippen molar-refractivity contribution in [1.29, 1.82) is 0 Å². The molecule has 0 radical (unpaired) electrons. The molecule has 0 fully saturated rings. The number of hydrogen-bond donors (Lipinski definition) is 1. The van der Waals surface area contributed by atoms with Gasteiger partial charge in [0.15, 0.2) is 0 Å². The molecule has 0 aromatic heterocycles. The Morgan fingerprint density at radius 1 is 1.24 bits per heavy atom. The van der Waals surface area contributed by atoms with Gasteiger partial charge < -0.3 is 5.73 Å². The van der Waals surface area contributed by atoms with E-state index in [0.29, 0.717) is 0 Å². The van der Waals surface area contributed by atoms with Crippen molar-refractivity contribution in [2.75, 3.05) is 0 Å². The molecule has 1 aromatic rings. The first-order valence-corrected chi connectivity index (χ1v) is 7.48. The van der Waals surface area contributed by atoms with Crippen LogP contribution in [0.2, 0.25) is 0 Å². The fourth-order valence-corrected chi connectivity index (χ4v) is 2.82. The summed E-state index contributed by atoms with van der Waals surface area (Å²) in [6.07, 6.45) is 6.24. The minimum atomic E-state index is 0.160. The molecular formula is C15H24BrN. The number of hydrogen-bond acceptors (Lipinski definition) is 1. The van der Waals surface area contributed by atoms with E-state index < -0.39 is 0 Å². The lowest BCUT2D eigenvalue weighted by Gasteiger charge is -2.20. The Hall–Kier alpha value is -0.340. The molecule has 0 aliphatic rings. The fraction of sp³-hybridized carbons (Fsp3) is 0.600. The van der Waals surface area contributed by atoms with Gasteiger partial charge in [-0.3, -0.25) is 0 Å². The van der Waals surface area contributed by atoms with Crippen LogP contribution < -0.4 is 5.73 Å². The molecule has 0 aliphatic carbocycles. The summed E-state index contributed by atoms with van der Waals surface area (Å²) in [6, 6.07) is 8.46. The molecule has 0 amide bonds. The van der Waals surface area contributed by atoms with Gasteiger partial charge in [0.05, 0.1) is 0 Å². The molecule has 1 aromatic carbocycles. The Morgan fingerprint density at radius 2 is 1.94 bits per heavy atom. The molecule has 17 heavy (non-hydrogen) atoms. The van der Waals surface area contributed by atoms with Crippen LogP contribution in [0.4, 0.5) is 0 Å². The molecular weight excluding hydrogens is 274 g/mol. The largest absolute Gasteiger partial charge is 0.324 e. The van der Waals surface area contributed by atoms with Crippen LogP contribution in [0.1, 0.15) is 57.6 Å². The normalized spacial score (nSPS) is 14.6. The standard InChI is InChI=1S/C15H24BrN/c1-3-5-8-12(4-2)11-15(17)13-9-6-7-10-14(13)16/h6-7,9-10,12,15H,3-5,8,11,17H2,1-2H3. The second-order valence-corrected chi connectivity index (χ2v) is 5.63. The Labute approximate surface area is 114 Å². The van der Waals surface area contributed by atoms with Crippen molar-refractivity contribution in [3.05, 3.63) is 34.3 Å². The Balaban J connectivity index is 2.58. The van der Waals surface area contributed by atoms with Crippen LogP contribution in [-0.4, -0.2) is 0 Å². The van der Waals surface area contributed by atoms with Crippen LogP contribution >= 0.6 is 15.9 Å². The van der Waals surface area contributed by atoms with E-state index in [0.717, 1.165) is 16.8 Å². The van der Waals surface area contributed by atoms with Crippen molar-refractivity contribution in [2.24, 2.45) is 11.7 Å². The number of halogens is 1. The summed E-state index contributed by atoms with van der Waals surface area (Å²) in [4.78, 5) is 0. The van der Waals surface area contributed by atoms with E-state index in [-0.39, 0.29) is 6.04 Å². The van der Waals surface area contributed by atoms with Crippen molar-refractivity contribution in [2.45, 2.75) is 52.0 Å². The third-order valence-electron chi connectivity index (χ3n) is 3.44. The van der Waals surface area contributed by atoms with E-state index in [1.165, 1.54) is 31.2 Å². The molecule has 2 heteroatoms. The summed E-state index contributed by atoms with van der Waals surface area (Å²) in [6.45, 7) is 4.52. The van der Waals surface area contributed by atoms with Gasteiger partial charge >= 0.3 is 0 Å². The molecule has 96 valence electrons. The van der Waals surface area contributed by atoms with E-state index in [1.807, 2.05) is 6.07 Å². The lowest BCUT2D eigenvalue weighted by atomic mass is 9.90. The summed E-state index contributed by atoms with van der Waals surface area (Å²) in [7, 11) is 0. The summed E-state index contributed by atoms with van der Waals surface area (Å²) < 4.78 is 1.14. The molecule has 0 saturated carbocycles. The molecule has 2 atom stereocenters. The SMILES string of the molecule is CCCCC(CC)CC(N)c1ccccc1Br. The van der Waals surface area contributed by atoms with Crippen LogP contribution in [0.3, 0.4) is 0 Å². The number of rotatable bonds is 7. The molecule has 1 rings (SSSR count). The van der Waals surface area contributed by atoms with Crippen molar-refractivity contribution in [3.8, 4) is 0 Å². The monoisotopic (exact) mass is 297 g/mol. The molecule has 0 bridgehead atoms. The maximum atomic E-state index is 6.31. The molecule has 2 N–H and O–H groups in total. The summed E-state index contributed by atoms with van der Waals surface area (Å²) in [5, 5.41) is 0. The molecule has 2 unspecified atom stereocenters. The van der Waals surface area contributed by atoms with E-state index in [9.17, 15) is 0 Å². The minimum Gasteiger partial charge on any atom is -0.324 e. The third-order valence-corrected chi connectivity index (χ3v) is 4.16. The highest BCUT2D eigenvalue weighted by Gasteiger charge is 2.14. The van der Waals surface area contributed by atoms with Gasteiger partial charge in [0.1, 0.15) is 0 Å². The second-order valence-electron chi connectivity index (χ2n) is 4.78. The topological polar surface area (TPSA) is 26.0 Å². The maximum Gasteiger partial charge on any atom is 0.0308 e. The average Bonchev–Trinajstić information content (AvgIpc) is 2.34. The fourth-order valence-electron chi connectivity index (χ4n) is 2.24. The first-order valence-electron chi connectivity index (χ1n) is 6.69. The average molecular weight is 298 g/mol. The highest BCUT2D eigenvalue weighted by Crippen LogP contribution is 2.29. The first kappa shape index (κ1) is 14.7. The van der Waals surface area contributed by atoms with Crippen LogP contribution in [0.5, 0.6) is 0 Å². The van der Waals surface area contributed by atoms with Crippen molar-refractivity contribution < 1.29 is 0 Å². The summed E-state index contributed by atoms with van der Waals surface area (Å²) in [5.74, 6) is 0.761. The van der Waals surface area contributed by atoms with Crippen molar-refractivity contribution in [3.63, 3.8) is 0 Å². The van der Waals surface area contributed by atoms with Crippen molar-refractivity contribution in [1.82, 2.24) is 0 Å². The maximum absolute atomic E-state index is 6.31. The second kappa shape index (κ2) is 7.88. The quantitative estimate of drug-likeness (QED) is 0.748. The Kier molecular flexibility index (Phi) is 6.83. The number of nitrogens with two attached hydrogens (primary N) is 1. The van der Waals surface area contributed by atoms with Crippen LogP contribution in [0.25, 0.3) is 0 Å². The Morgan fingerprint density at radius 3 is 2.53 bits per heavy atom. The van der Waals surface area contributed by atoms with E-state index in [4.69, 9.17) is 5.73 Å². The lowest BCUT2D eigenvalue weighted by molar-refractivity contribution is 0.388. The van der Waals surface area contributed by atoms with Gasteiger partial charge in [0, 0.05) is 10.5 Å².